The van der Waals surface area contributed by atoms with Gasteiger partial charge in [-0.05, 0) is 43.5 Å². The average Bonchev–Trinajstić information content (AvgIpc) is 3.29. The van der Waals surface area contributed by atoms with Crippen LogP contribution in [0.2, 0.25) is 0 Å². The number of hydrogen-bond donors (Lipinski definition) is 1. The van der Waals surface area contributed by atoms with Crippen LogP contribution in [0.3, 0.4) is 0 Å². The summed E-state index contributed by atoms with van der Waals surface area (Å²) in [5, 5.41) is 4.68. The number of piperidine rings is 1. The number of carbonyl (C=O) groups excluding carboxylic acids is 2. The first-order valence-electron chi connectivity index (χ1n) is 9.39. The number of thiazole rings is 1. The van der Waals surface area contributed by atoms with E-state index >= 15 is 0 Å². The molecular weight excluding hydrogens is 376 g/mol. The van der Waals surface area contributed by atoms with Crippen LogP contribution in [-0.2, 0) is 20.7 Å². The number of nitrogens with one attached hydrogen (secondary N) is 1. The van der Waals surface area contributed by atoms with E-state index in [0.29, 0.717) is 11.4 Å². The Morgan fingerprint density at radius 2 is 1.93 bits per heavy atom. The van der Waals surface area contributed by atoms with Crippen molar-refractivity contribution in [3.05, 3.63) is 47.7 Å². The van der Waals surface area contributed by atoms with Gasteiger partial charge in [0.05, 0.1) is 12.1 Å². The molecule has 1 amide bonds. The third kappa shape index (κ3) is 4.51. The number of nitrogens with zero attached hydrogens (tertiary/aromatic N) is 3. The fourth-order valence-electron chi connectivity index (χ4n) is 3.31. The van der Waals surface area contributed by atoms with Crippen LogP contribution in [0.1, 0.15) is 25.0 Å². The second-order valence-corrected chi connectivity index (χ2v) is 7.68. The molecule has 0 saturated carbocycles. The van der Waals surface area contributed by atoms with Gasteiger partial charge in [-0.15, -0.1) is 11.3 Å². The average molecular weight is 398 g/mol. The van der Waals surface area contributed by atoms with Crippen LogP contribution in [0.4, 0.5) is 11.4 Å². The third-order valence-corrected chi connectivity index (χ3v) is 5.48. The minimum absolute atomic E-state index is 0.0478. The van der Waals surface area contributed by atoms with E-state index in [1.807, 2.05) is 40.2 Å². The molecule has 1 N–H and O–H groups in total. The molecule has 0 bridgehead atoms. The molecule has 2 aromatic heterocycles. The minimum atomic E-state index is -0.471. The smallest absolute Gasteiger partial charge is 0.312 e. The molecule has 1 fully saturated rings. The fraction of sp³-hybridized carbons (Fsp3) is 0.350. The number of esters is 1. The molecule has 3 heterocycles. The number of anilines is 2. The molecule has 146 valence electrons. The van der Waals surface area contributed by atoms with Gasteiger partial charge >= 0.3 is 5.97 Å². The summed E-state index contributed by atoms with van der Waals surface area (Å²) in [6.45, 7) is 1.85. The van der Waals surface area contributed by atoms with Crippen molar-refractivity contribution in [2.24, 2.45) is 0 Å². The van der Waals surface area contributed by atoms with Gasteiger partial charge in [-0.1, -0.05) is 0 Å². The van der Waals surface area contributed by atoms with Gasteiger partial charge in [0.15, 0.2) is 11.6 Å². The Morgan fingerprint density at radius 3 is 2.68 bits per heavy atom. The van der Waals surface area contributed by atoms with E-state index in [1.165, 1.54) is 36.3 Å². The third-order valence-electron chi connectivity index (χ3n) is 4.71. The highest BCUT2D eigenvalue weighted by Crippen LogP contribution is 2.21. The van der Waals surface area contributed by atoms with Gasteiger partial charge in [0, 0.05) is 42.2 Å². The molecule has 1 aromatic carbocycles. The second-order valence-electron chi connectivity index (χ2n) is 6.81. The first-order valence-corrected chi connectivity index (χ1v) is 10.3. The molecule has 0 unspecified atom stereocenters. The van der Waals surface area contributed by atoms with E-state index in [-0.39, 0.29) is 18.9 Å². The Kier molecular flexibility index (Phi) is 5.57. The molecule has 0 radical (unpaired) electrons. The zero-order chi connectivity index (χ0) is 19.3. The van der Waals surface area contributed by atoms with Crippen LogP contribution >= 0.6 is 11.3 Å². The van der Waals surface area contributed by atoms with Crippen molar-refractivity contribution >= 4 is 39.5 Å². The maximum Gasteiger partial charge on any atom is 0.312 e. The minimum Gasteiger partial charge on any atom is -0.455 e. The summed E-state index contributed by atoms with van der Waals surface area (Å²) in [6, 6.07) is 7.78. The summed E-state index contributed by atoms with van der Waals surface area (Å²) >= 11 is 1.50. The molecule has 1 saturated heterocycles. The molecule has 1 aliphatic heterocycles. The summed E-state index contributed by atoms with van der Waals surface area (Å²) in [5.74, 6) is -0.828. The Bertz CT molecular complexity index is 929. The normalized spacial score (nSPS) is 14.2. The molecule has 0 spiro atoms. The number of fused-ring (bicyclic) bond motifs is 1. The van der Waals surface area contributed by atoms with Crippen molar-refractivity contribution < 1.29 is 14.3 Å². The molecule has 8 heteroatoms. The number of carbonyl (C=O) groups is 2. The van der Waals surface area contributed by atoms with E-state index in [0.717, 1.165) is 18.1 Å². The van der Waals surface area contributed by atoms with Crippen LogP contribution < -0.4 is 10.2 Å². The lowest BCUT2D eigenvalue weighted by atomic mass is 10.1. The molecule has 4 rings (SSSR count). The molecule has 28 heavy (non-hydrogen) atoms. The Labute approximate surface area is 166 Å². The SMILES string of the molecule is O=C(COC(=O)Cc1cn2ccsc2n1)Nc1ccc(N2CCCCC2)cc1. The number of hydrogen-bond acceptors (Lipinski definition) is 6. The van der Waals surface area contributed by atoms with Crippen molar-refractivity contribution in [1.82, 2.24) is 9.38 Å². The Balaban J connectivity index is 1.23. The van der Waals surface area contributed by atoms with E-state index in [1.54, 1.807) is 6.20 Å². The van der Waals surface area contributed by atoms with E-state index in [9.17, 15) is 9.59 Å². The summed E-state index contributed by atoms with van der Waals surface area (Å²) in [4.78, 5) is 31.5. The highest BCUT2D eigenvalue weighted by atomic mass is 32.1. The van der Waals surface area contributed by atoms with Gasteiger partial charge in [0.25, 0.3) is 5.91 Å². The summed E-state index contributed by atoms with van der Waals surface area (Å²) in [5.41, 5.74) is 2.49. The standard InChI is InChI=1S/C20H22N4O3S/c25-18(14-27-19(26)12-16-13-24-10-11-28-20(24)22-16)21-15-4-6-17(7-5-15)23-8-2-1-3-9-23/h4-7,10-11,13H,1-3,8-9,12,14H2,(H,21,25). The zero-order valence-electron chi connectivity index (χ0n) is 15.5. The number of ether oxygens (including phenoxy) is 1. The summed E-state index contributed by atoms with van der Waals surface area (Å²) in [6.07, 6.45) is 7.46. The van der Waals surface area contributed by atoms with E-state index in [4.69, 9.17) is 4.74 Å². The maximum absolute atomic E-state index is 12.0. The van der Waals surface area contributed by atoms with Crippen LogP contribution in [0.15, 0.2) is 42.0 Å². The van der Waals surface area contributed by atoms with E-state index < -0.39 is 5.97 Å². The van der Waals surface area contributed by atoms with Gasteiger partial charge in [-0.25, -0.2) is 4.98 Å². The van der Waals surface area contributed by atoms with Crippen molar-refractivity contribution in [3.8, 4) is 0 Å². The van der Waals surface area contributed by atoms with E-state index in [2.05, 4.69) is 15.2 Å². The Hall–Kier alpha value is -2.87. The number of imidazole rings is 1. The first-order chi connectivity index (χ1) is 13.7. The maximum atomic E-state index is 12.0. The predicted octanol–water partition coefficient (Wildman–Crippen LogP) is 3.11. The van der Waals surface area contributed by atoms with Crippen LogP contribution in [-0.4, -0.2) is 41.0 Å². The number of rotatable bonds is 6. The van der Waals surface area contributed by atoms with Crippen molar-refractivity contribution in [1.29, 1.82) is 0 Å². The lowest BCUT2D eigenvalue weighted by Gasteiger charge is -2.28. The summed E-state index contributed by atoms with van der Waals surface area (Å²) in [7, 11) is 0. The van der Waals surface area contributed by atoms with Gasteiger partial charge in [-0.3, -0.25) is 14.0 Å². The largest absolute Gasteiger partial charge is 0.455 e. The first kappa shape index (κ1) is 18.5. The van der Waals surface area contributed by atoms with Gasteiger partial charge in [-0.2, -0.15) is 0 Å². The molecule has 7 nitrogen and oxygen atoms in total. The van der Waals surface area contributed by atoms with Gasteiger partial charge in [0.2, 0.25) is 0 Å². The molecule has 0 aliphatic carbocycles. The lowest BCUT2D eigenvalue weighted by Crippen LogP contribution is -2.29. The molecule has 1 aliphatic rings. The number of aromatic nitrogens is 2. The van der Waals surface area contributed by atoms with Crippen molar-refractivity contribution in [3.63, 3.8) is 0 Å². The number of amides is 1. The highest BCUT2D eigenvalue weighted by Gasteiger charge is 2.13. The topological polar surface area (TPSA) is 75.9 Å². The van der Waals surface area contributed by atoms with Gasteiger partial charge in [0.1, 0.15) is 0 Å². The predicted molar refractivity (Wildman–Crippen MR) is 109 cm³/mol. The molecular formula is C20H22N4O3S. The zero-order valence-corrected chi connectivity index (χ0v) is 16.3. The molecule has 0 atom stereocenters. The van der Waals surface area contributed by atoms with Crippen molar-refractivity contribution in [2.75, 3.05) is 29.9 Å². The monoisotopic (exact) mass is 398 g/mol. The Morgan fingerprint density at radius 1 is 1.14 bits per heavy atom. The van der Waals surface area contributed by atoms with Crippen molar-refractivity contribution in [2.45, 2.75) is 25.7 Å². The lowest BCUT2D eigenvalue weighted by molar-refractivity contribution is -0.146. The highest BCUT2D eigenvalue weighted by molar-refractivity contribution is 7.15. The second kappa shape index (κ2) is 8.43. The molecule has 3 aromatic rings. The van der Waals surface area contributed by atoms with Crippen LogP contribution in [0.5, 0.6) is 0 Å². The number of benzene rings is 1. The quantitative estimate of drug-likeness (QED) is 0.646. The van der Waals surface area contributed by atoms with Crippen LogP contribution in [0.25, 0.3) is 4.96 Å². The van der Waals surface area contributed by atoms with Gasteiger partial charge < -0.3 is 15.0 Å². The fourth-order valence-corrected chi connectivity index (χ4v) is 4.03. The summed E-state index contributed by atoms with van der Waals surface area (Å²) < 4.78 is 6.92. The van der Waals surface area contributed by atoms with Crippen LogP contribution in [0, 0.1) is 0 Å².